The van der Waals surface area contributed by atoms with E-state index < -0.39 is 30.9 Å². The molecule has 0 aliphatic carbocycles. The van der Waals surface area contributed by atoms with Crippen LogP contribution in [0.15, 0.2) is 24.3 Å². The van der Waals surface area contributed by atoms with Gasteiger partial charge in [-0.25, -0.2) is 0 Å². The Kier molecular flexibility index (Phi) is 5.90. The van der Waals surface area contributed by atoms with E-state index in [9.17, 15) is 14.4 Å². The van der Waals surface area contributed by atoms with Gasteiger partial charge in [-0.2, -0.15) is 0 Å². The van der Waals surface area contributed by atoms with Gasteiger partial charge in [0.2, 0.25) is 0 Å². The minimum absolute atomic E-state index is 0.302. The van der Waals surface area contributed by atoms with E-state index in [1.54, 1.807) is 18.2 Å². The molecule has 6 nitrogen and oxygen atoms in total. The number of carbonyl (C=O) groups excluding carboxylic acids is 1. The Morgan fingerprint density at radius 1 is 1.10 bits per heavy atom. The third-order valence-corrected chi connectivity index (χ3v) is 2.76. The SMILES string of the molecule is CC(C)Cc1cccc(C(=O)N(CC(=O)O)CC(=O)O)c1. The first kappa shape index (κ1) is 16.7. The lowest BCUT2D eigenvalue weighted by Gasteiger charge is -2.19. The van der Waals surface area contributed by atoms with Crippen molar-refractivity contribution in [1.82, 2.24) is 4.90 Å². The topological polar surface area (TPSA) is 94.9 Å². The number of benzene rings is 1. The quantitative estimate of drug-likeness (QED) is 0.794. The van der Waals surface area contributed by atoms with E-state index in [-0.39, 0.29) is 0 Å². The Morgan fingerprint density at radius 3 is 2.14 bits per heavy atom. The molecule has 0 atom stereocenters. The Labute approximate surface area is 123 Å². The highest BCUT2D eigenvalue weighted by Gasteiger charge is 2.21. The summed E-state index contributed by atoms with van der Waals surface area (Å²) in [7, 11) is 0. The van der Waals surface area contributed by atoms with Crippen LogP contribution < -0.4 is 0 Å². The van der Waals surface area contributed by atoms with Gasteiger partial charge in [-0.3, -0.25) is 14.4 Å². The van der Waals surface area contributed by atoms with E-state index >= 15 is 0 Å². The van der Waals surface area contributed by atoms with Crippen molar-refractivity contribution in [1.29, 1.82) is 0 Å². The highest BCUT2D eigenvalue weighted by molar-refractivity contribution is 5.97. The van der Waals surface area contributed by atoms with Crippen molar-refractivity contribution in [2.24, 2.45) is 5.92 Å². The van der Waals surface area contributed by atoms with Gasteiger partial charge in [-0.15, -0.1) is 0 Å². The fourth-order valence-corrected chi connectivity index (χ4v) is 2.01. The summed E-state index contributed by atoms with van der Waals surface area (Å²) in [4.78, 5) is 34.6. The predicted molar refractivity (Wildman–Crippen MR) is 76.2 cm³/mol. The van der Waals surface area contributed by atoms with E-state index in [0.717, 1.165) is 16.9 Å². The molecule has 0 aromatic heterocycles. The summed E-state index contributed by atoms with van der Waals surface area (Å²) in [5, 5.41) is 17.6. The van der Waals surface area contributed by atoms with Crippen LogP contribution >= 0.6 is 0 Å². The maximum atomic E-state index is 12.3. The highest BCUT2D eigenvalue weighted by Crippen LogP contribution is 2.12. The van der Waals surface area contributed by atoms with E-state index in [2.05, 4.69) is 13.8 Å². The van der Waals surface area contributed by atoms with E-state index in [4.69, 9.17) is 10.2 Å². The van der Waals surface area contributed by atoms with Gasteiger partial charge in [0.05, 0.1) is 0 Å². The number of aliphatic carboxylic acids is 2. The van der Waals surface area contributed by atoms with Gasteiger partial charge in [0.25, 0.3) is 5.91 Å². The molecule has 0 spiro atoms. The molecule has 0 aliphatic heterocycles. The molecule has 0 bridgehead atoms. The third kappa shape index (κ3) is 5.64. The summed E-state index contributed by atoms with van der Waals surface area (Å²) in [6, 6.07) is 6.84. The zero-order valence-electron chi connectivity index (χ0n) is 12.1. The summed E-state index contributed by atoms with van der Waals surface area (Å²) in [6.45, 7) is 2.82. The molecule has 0 aliphatic rings. The molecule has 0 heterocycles. The number of nitrogens with zero attached hydrogens (tertiary/aromatic N) is 1. The minimum atomic E-state index is -1.25. The normalized spacial score (nSPS) is 10.4. The van der Waals surface area contributed by atoms with Gasteiger partial charge in [-0.05, 0) is 30.0 Å². The Morgan fingerprint density at radius 2 is 1.67 bits per heavy atom. The van der Waals surface area contributed by atoms with Crippen molar-refractivity contribution in [2.45, 2.75) is 20.3 Å². The lowest BCUT2D eigenvalue weighted by atomic mass is 10.0. The van der Waals surface area contributed by atoms with Crippen LogP contribution in [0.4, 0.5) is 0 Å². The Bertz CT molecular complexity index is 523. The highest BCUT2D eigenvalue weighted by atomic mass is 16.4. The first-order valence-corrected chi connectivity index (χ1v) is 6.61. The number of rotatable bonds is 7. The number of hydrogen-bond donors (Lipinski definition) is 2. The summed E-state index contributed by atoms with van der Waals surface area (Å²) < 4.78 is 0. The van der Waals surface area contributed by atoms with Crippen molar-refractivity contribution in [3.8, 4) is 0 Å². The zero-order valence-corrected chi connectivity index (χ0v) is 12.1. The second kappa shape index (κ2) is 7.42. The van der Waals surface area contributed by atoms with Crippen LogP contribution in [-0.2, 0) is 16.0 Å². The number of carbonyl (C=O) groups is 3. The average molecular weight is 293 g/mol. The van der Waals surface area contributed by atoms with Gasteiger partial charge in [0, 0.05) is 5.56 Å². The smallest absolute Gasteiger partial charge is 0.323 e. The van der Waals surface area contributed by atoms with Crippen molar-refractivity contribution in [3.05, 3.63) is 35.4 Å². The summed E-state index contributed by atoms with van der Waals surface area (Å²) in [5.41, 5.74) is 1.26. The van der Waals surface area contributed by atoms with Crippen LogP contribution in [0.25, 0.3) is 0 Å². The predicted octanol–water partition coefficient (Wildman–Crippen LogP) is 1.50. The van der Waals surface area contributed by atoms with Crippen LogP contribution in [0.5, 0.6) is 0 Å². The summed E-state index contributed by atoms with van der Waals surface area (Å²) in [5.74, 6) is -2.67. The molecular weight excluding hydrogens is 274 g/mol. The van der Waals surface area contributed by atoms with Crippen molar-refractivity contribution in [2.75, 3.05) is 13.1 Å². The van der Waals surface area contributed by atoms with Gasteiger partial charge >= 0.3 is 11.9 Å². The first-order chi connectivity index (χ1) is 9.79. The van der Waals surface area contributed by atoms with Crippen LogP contribution in [0, 0.1) is 5.92 Å². The maximum Gasteiger partial charge on any atom is 0.323 e. The van der Waals surface area contributed by atoms with E-state index in [0.29, 0.717) is 11.5 Å². The molecule has 0 radical (unpaired) electrons. The van der Waals surface area contributed by atoms with E-state index in [1.807, 2.05) is 6.07 Å². The fourth-order valence-electron chi connectivity index (χ4n) is 2.01. The molecule has 1 aromatic rings. The molecule has 0 saturated heterocycles. The van der Waals surface area contributed by atoms with Crippen LogP contribution in [0.3, 0.4) is 0 Å². The van der Waals surface area contributed by atoms with Gasteiger partial charge < -0.3 is 15.1 Å². The standard InChI is InChI=1S/C15H19NO5/c1-10(2)6-11-4-3-5-12(7-11)15(21)16(8-13(17)18)9-14(19)20/h3-5,7,10H,6,8-9H2,1-2H3,(H,17,18)(H,19,20). The molecule has 0 fully saturated rings. The Hall–Kier alpha value is -2.37. The van der Waals surface area contributed by atoms with Crippen molar-refractivity contribution < 1.29 is 24.6 Å². The Balaban J connectivity index is 2.96. The zero-order chi connectivity index (χ0) is 16.0. The van der Waals surface area contributed by atoms with Crippen molar-refractivity contribution in [3.63, 3.8) is 0 Å². The first-order valence-electron chi connectivity index (χ1n) is 6.61. The molecule has 2 N–H and O–H groups in total. The summed E-state index contributed by atoms with van der Waals surface area (Å²) >= 11 is 0. The fraction of sp³-hybridized carbons (Fsp3) is 0.400. The maximum absolute atomic E-state index is 12.3. The summed E-state index contributed by atoms with van der Waals surface area (Å²) in [6.07, 6.45) is 0.791. The second-order valence-electron chi connectivity index (χ2n) is 5.25. The lowest BCUT2D eigenvalue weighted by molar-refractivity contribution is -0.140. The second-order valence-corrected chi connectivity index (χ2v) is 5.25. The van der Waals surface area contributed by atoms with Crippen LogP contribution in [0.1, 0.15) is 29.8 Å². The number of carboxylic acid groups (broad SMARTS) is 2. The van der Waals surface area contributed by atoms with Crippen LogP contribution in [-0.4, -0.2) is 46.0 Å². The lowest BCUT2D eigenvalue weighted by Crippen LogP contribution is -2.39. The average Bonchev–Trinajstić information content (AvgIpc) is 2.35. The molecule has 0 unspecified atom stereocenters. The molecule has 1 rings (SSSR count). The van der Waals surface area contributed by atoms with Crippen LogP contribution in [0.2, 0.25) is 0 Å². The number of carboxylic acids is 2. The monoisotopic (exact) mass is 293 g/mol. The number of amides is 1. The van der Waals surface area contributed by atoms with E-state index in [1.165, 1.54) is 0 Å². The molecular formula is C15H19NO5. The largest absolute Gasteiger partial charge is 0.480 e. The molecule has 1 amide bonds. The van der Waals surface area contributed by atoms with Gasteiger partial charge in [-0.1, -0.05) is 26.0 Å². The molecule has 114 valence electrons. The van der Waals surface area contributed by atoms with Gasteiger partial charge in [0.1, 0.15) is 13.1 Å². The third-order valence-electron chi connectivity index (χ3n) is 2.76. The number of hydrogen-bond acceptors (Lipinski definition) is 3. The molecule has 1 aromatic carbocycles. The van der Waals surface area contributed by atoms with Crippen molar-refractivity contribution >= 4 is 17.8 Å². The minimum Gasteiger partial charge on any atom is -0.480 e. The molecule has 21 heavy (non-hydrogen) atoms. The van der Waals surface area contributed by atoms with Gasteiger partial charge in [0.15, 0.2) is 0 Å². The molecule has 6 heteroatoms. The molecule has 0 saturated carbocycles.